The summed E-state index contributed by atoms with van der Waals surface area (Å²) in [6, 6.07) is 8.75. The number of aliphatic hydroxyl groups excluding tert-OH is 1. The van der Waals surface area contributed by atoms with Crippen LogP contribution >= 0.6 is 0 Å². The third-order valence-electron chi connectivity index (χ3n) is 4.30. The van der Waals surface area contributed by atoms with Crippen LogP contribution in [0, 0.1) is 0 Å². The molecule has 0 spiro atoms. The standard InChI is InChI=1S/C20H22N2O2/c1-13(9-20(24)14(2)23)11-21-12-15-7-8-19-17(10-15)16-5-3-4-6-18(16)22-19/h3-11,17,19,21-22,24H,12H2,1-2H3. The summed E-state index contributed by atoms with van der Waals surface area (Å²) in [5.74, 6) is -0.187. The number of carbonyl (C=O) groups excluding carboxylic acids is 1. The minimum atomic E-state index is -0.334. The minimum absolute atomic E-state index is 0.223. The number of hydrogen-bond acceptors (Lipinski definition) is 4. The van der Waals surface area contributed by atoms with Crippen LogP contribution in [0.3, 0.4) is 0 Å². The van der Waals surface area contributed by atoms with Crippen molar-refractivity contribution in [3.63, 3.8) is 0 Å². The minimum Gasteiger partial charge on any atom is -0.504 e. The monoisotopic (exact) mass is 322 g/mol. The Hall–Kier alpha value is -2.75. The Morgan fingerprint density at radius 2 is 2.12 bits per heavy atom. The lowest BCUT2D eigenvalue weighted by atomic mass is 9.89. The molecule has 0 bridgehead atoms. The molecule has 4 nitrogen and oxygen atoms in total. The average molecular weight is 322 g/mol. The highest BCUT2D eigenvalue weighted by molar-refractivity contribution is 5.91. The number of Topliss-reactive ketones (excluding diaryl/α,β-unsaturated/α-hetero) is 1. The fourth-order valence-electron chi connectivity index (χ4n) is 3.06. The van der Waals surface area contributed by atoms with Gasteiger partial charge in [-0.3, -0.25) is 4.79 Å². The number of para-hydroxylation sites is 1. The molecule has 0 fully saturated rings. The van der Waals surface area contributed by atoms with Crippen molar-refractivity contribution in [3.8, 4) is 0 Å². The molecule has 2 unspecified atom stereocenters. The molecule has 24 heavy (non-hydrogen) atoms. The summed E-state index contributed by atoms with van der Waals surface area (Å²) < 4.78 is 0. The van der Waals surface area contributed by atoms with E-state index in [9.17, 15) is 9.90 Å². The molecule has 3 N–H and O–H groups in total. The molecule has 2 atom stereocenters. The molecule has 1 aliphatic heterocycles. The third kappa shape index (κ3) is 3.43. The number of fused-ring (bicyclic) bond motifs is 3. The smallest absolute Gasteiger partial charge is 0.194 e. The van der Waals surface area contributed by atoms with Gasteiger partial charge in [-0.05, 0) is 42.0 Å². The zero-order chi connectivity index (χ0) is 17.1. The number of anilines is 1. The highest BCUT2D eigenvalue weighted by atomic mass is 16.3. The normalized spacial score (nSPS) is 22.3. The Balaban J connectivity index is 1.64. The van der Waals surface area contributed by atoms with E-state index < -0.39 is 0 Å². The molecule has 3 rings (SSSR count). The Morgan fingerprint density at radius 1 is 1.33 bits per heavy atom. The first-order valence-electron chi connectivity index (χ1n) is 8.10. The molecule has 1 aromatic rings. The largest absolute Gasteiger partial charge is 0.504 e. The fraction of sp³-hybridized carbons (Fsp3) is 0.250. The molecule has 0 saturated heterocycles. The molecule has 1 aliphatic carbocycles. The van der Waals surface area contributed by atoms with Crippen molar-refractivity contribution < 1.29 is 9.90 Å². The summed E-state index contributed by atoms with van der Waals surface area (Å²) >= 11 is 0. The van der Waals surface area contributed by atoms with E-state index in [-0.39, 0.29) is 11.5 Å². The number of aliphatic hydroxyl groups is 1. The molecule has 0 radical (unpaired) electrons. The van der Waals surface area contributed by atoms with Gasteiger partial charge >= 0.3 is 0 Å². The van der Waals surface area contributed by atoms with Crippen LogP contribution in [0.25, 0.3) is 0 Å². The maximum atomic E-state index is 11.0. The Kier molecular flexibility index (Phi) is 4.56. The lowest BCUT2D eigenvalue weighted by Crippen LogP contribution is -2.21. The molecule has 0 amide bonds. The average Bonchev–Trinajstić information content (AvgIpc) is 2.92. The van der Waals surface area contributed by atoms with Crippen LogP contribution < -0.4 is 10.6 Å². The number of hydrogen-bond donors (Lipinski definition) is 3. The zero-order valence-corrected chi connectivity index (χ0v) is 13.9. The van der Waals surface area contributed by atoms with Gasteiger partial charge in [-0.1, -0.05) is 36.4 Å². The van der Waals surface area contributed by atoms with Crippen molar-refractivity contribution in [2.45, 2.75) is 25.8 Å². The van der Waals surface area contributed by atoms with Gasteiger partial charge in [0.25, 0.3) is 0 Å². The van der Waals surface area contributed by atoms with Gasteiger partial charge in [-0.2, -0.15) is 0 Å². The van der Waals surface area contributed by atoms with Crippen molar-refractivity contribution >= 4 is 11.5 Å². The van der Waals surface area contributed by atoms with Crippen molar-refractivity contribution in [2.24, 2.45) is 0 Å². The van der Waals surface area contributed by atoms with Crippen LogP contribution in [0.4, 0.5) is 5.69 Å². The van der Waals surface area contributed by atoms with Crippen molar-refractivity contribution in [1.29, 1.82) is 0 Å². The van der Waals surface area contributed by atoms with Crippen molar-refractivity contribution in [3.05, 3.63) is 77.2 Å². The first-order valence-corrected chi connectivity index (χ1v) is 8.10. The van der Waals surface area contributed by atoms with Crippen LogP contribution in [0.1, 0.15) is 25.3 Å². The molecule has 1 heterocycles. The molecule has 4 heteroatoms. The predicted molar refractivity (Wildman–Crippen MR) is 97.0 cm³/mol. The second kappa shape index (κ2) is 6.79. The molecule has 124 valence electrons. The zero-order valence-electron chi connectivity index (χ0n) is 13.9. The predicted octanol–water partition coefficient (Wildman–Crippen LogP) is 3.58. The molecule has 0 aromatic heterocycles. The first-order chi connectivity index (χ1) is 11.5. The van der Waals surface area contributed by atoms with Crippen molar-refractivity contribution in [2.75, 3.05) is 11.9 Å². The van der Waals surface area contributed by atoms with Gasteiger partial charge in [-0.15, -0.1) is 0 Å². The Bertz CT molecular complexity index is 772. The third-order valence-corrected chi connectivity index (χ3v) is 4.30. The number of carbonyl (C=O) groups is 1. The first kappa shape index (κ1) is 16.1. The summed E-state index contributed by atoms with van der Waals surface area (Å²) in [4.78, 5) is 11.0. The molecule has 2 aliphatic rings. The lowest BCUT2D eigenvalue weighted by molar-refractivity contribution is -0.115. The summed E-state index contributed by atoms with van der Waals surface area (Å²) in [6.45, 7) is 3.88. The quantitative estimate of drug-likeness (QED) is 0.440. The number of benzene rings is 1. The Labute approximate surface area is 142 Å². The van der Waals surface area contributed by atoms with Crippen LogP contribution in [-0.2, 0) is 4.79 Å². The lowest BCUT2D eigenvalue weighted by Gasteiger charge is -2.19. The van der Waals surface area contributed by atoms with Gasteiger partial charge in [0.1, 0.15) is 0 Å². The highest BCUT2D eigenvalue weighted by Gasteiger charge is 2.30. The molecular formula is C20H22N2O2. The van der Waals surface area contributed by atoms with E-state index in [1.54, 1.807) is 6.20 Å². The van der Waals surface area contributed by atoms with Crippen LogP contribution in [0.2, 0.25) is 0 Å². The topological polar surface area (TPSA) is 61.4 Å². The van der Waals surface area contributed by atoms with Gasteiger partial charge in [0.05, 0.1) is 6.04 Å². The number of nitrogens with one attached hydrogen (secondary N) is 2. The number of ketones is 1. The number of rotatable bonds is 5. The summed E-state index contributed by atoms with van der Waals surface area (Å²) in [5, 5.41) is 16.2. The molecular weight excluding hydrogens is 300 g/mol. The maximum absolute atomic E-state index is 11.0. The summed E-state index contributed by atoms with van der Waals surface area (Å²) in [7, 11) is 0. The van der Waals surface area contributed by atoms with Crippen LogP contribution in [-0.4, -0.2) is 23.5 Å². The molecule has 1 aromatic carbocycles. The molecule has 0 saturated carbocycles. The van der Waals surface area contributed by atoms with Gasteiger partial charge in [-0.25, -0.2) is 0 Å². The van der Waals surface area contributed by atoms with Gasteiger partial charge in [0.2, 0.25) is 0 Å². The van der Waals surface area contributed by atoms with E-state index in [1.165, 1.54) is 29.8 Å². The second-order valence-electron chi connectivity index (χ2n) is 6.24. The van der Waals surface area contributed by atoms with Gasteiger partial charge in [0.15, 0.2) is 11.5 Å². The maximum Gasteiger partial charge on any atom is 0.194 e. The van der Waals surface area contributed by atoms with Crippen LogP contribution in [0.15, 0.2) is 71.7 Å². The highest BCUT2D eigenvalue weighted by Crippen LogP contribution is 2.39. The van der Waals surface area contributed by atoms with E-state index in [1.807, 2.05) is 6.92 Å². The van der Waals surface area contributed by atoms with Crippen LogP contribution in [0.5, 0.6) is 0 Å². The van der Waals surface area contributed by atoms with E-state index in [4.69, 9.17) is 0 Å². The van der Waals surface area contributed by atoms with E-state index in [2.05, 4.69) is 53.1 Å². The fourth-order valence-corrected chi connectivity index (χ4v) is 3.06. The van der Waals surface area contributed by atoms with E-state index in [0.29, 0.717) is 18.5 Å². The summed E-state index contributed by atoms with van der Waals surface area (Å²) in [6.07, 6.45) is 9.91. The SMILES string of the molecule is CC(=O)C(O)=CC(C)=CNCC1=CC2c3ccccc3NC2C=C1. The Morgan fingerprint density at radius 3 is 2.92 bits per heavy atom. The second-order valence-corrected chi connectivity index (χ2v) is 6.24. The van der Waals surface area contributed by atoms with Gasteiger partial charge < -0.3 is 15.7 Å². The summed E-state index contributed by atoms with van der Waals surface area (Å²) in [5.41, 5.74) is 4.57. The number of allylic oxidation sites excluding steroid dienone is 3. The van der Waals surface area contributed by atoms with E-state index >= 15 is 0 Å². The van der Waals surface area contributed by atoms with Crippen molar-refractivity contribution in [1.82, 2.24) is 5.32 Å². The van der Waals surface area contributed by atoms with Gasteiger partial charge in [0, 0.05) is 25.1 Å². The van der Waals surface area contributed by atoms with E-state index in [0.717, 1.165) is 5.57 Å².